The molecule has 1 aliphatic rings. The number of carbonyl (C=O) groups excluding carboxylic acids is 1. The van der Waals surface area contributed by atoms with E-state index in [1.54, 1.807) is 12.1 Å². The Kier molecular flexibility index (Phi) is 6.69. The molecule has 2 amide bonds. The van der Waals surface area contributed by atoms with E-state index in [-0.39, 0.29) is 11.8 Å². The molecule has 1 aliphatic heterocycles. The number of carbonyl (C=O) groups is 1. The van der Waals surface area contributed by atoms with E-state index in [4.69, 9.17) is 0 Å². The van der Waals surface area contributed by atoms with Crippen molar-refractivity contribution in [2.75, 3.05) is 36.0 Å². The van der Waals surface area contributed by atoms with Crippen molar-refractivity contribution in [3.8, 4) is 0 Å². The molecule has 0 aromatic heterocycles. The fourth-order valence-electron chi connectivity index (χ4n) is 3.58. The zero-order chi connectivity index (χ0) is 19.1. The molecule has 0 saturated carbocycles. The number of halogens is 1. The first-order valence-electron chi connectivity index (χ1n) is 9.83. The van der Waals surface area contributed by atoms with Crippen LogP contribution in [0.3, 0.4) is 0 Å². The minimum Gasteiger partial charge on any atom is -0.372 e. The van der Waals surface area contributed by atoms with Crippen molar-refractivity contribution in [2.24, 2.45) is 0 Å². The van der Waals surface area contributed by atoms with Gasteiger partial charge >= 0.3 is 6.03 Å². The molecule has 1 heterocycles. The summed E-state index contributed by atoms with van der Waals surface area (Å²) in [6.07, 6.45) is 4.01. The van der Waals surface area contributed by atoms with Crippen molar-refractivity contribution < 1.29 is 9.18 Å². The van der Waals surface area contributed by atoms with E-state index in [1.807, 2.05) is 23.1 Å². The second-order valence-electron chi connectivity index (χ2n) is 6.88. The first-order chi connectivity index (χ1) is 13.2. The van der Waals surface area contributed by atoms with Gasteiger partial charge < -0.3 is 10.2 Å². The predicted molar refractivity (Wildman–Crippen MR) is 109 cm³/mol. The molecule has 0 fully saturated rings. The van der Waals surface area contributed by atoms with Crippen LogP contribution in [0.1, 0.15) is 31.7 Å². The summed E-state index contributed by atoms with van der Waals surface area (Å²) in [7, 11) is 0. The minimum absolute atomic E-state index is 0.0193. The zero-order valence-electron chi connectivity index (χ0n) is 16.0. The lowest BCUT2D eigenvalue weighted by Crippen LogP contribution is -2.41. The third-order valence-electron chi connectivity index (χ3n) is 5.06. The van der Waals surface area contributed by atoms with Crippen LogP contribution in [0.25, 0.3) is 0 Å². The first kappa shape index (κ1) is 19.2. The van der Waals surface area contributed by atoms with Gasteiger partial charge in [-0.05, 0) is 68.5 Å². The number of hydrogen-bond acceptors (Lipinski definition) is 2. The number of benzene rings is 2. The Morgan fingerprint density at radius 3 is 2.70 bits per heavy atom. The normalized spacial score (nSPS) is 13.6. The third-order valence-corrected chi connectivity index (χ3v) is 5.06. The van der Waals surface area contributed by atoms with Crippen LogP contribution in [0.15, 0.2) is 48.5 Å². The summed E-state index contributed by atoms with van der Waals surface area (Å²) < 4.78 is 13.1. The number of amides is 2. The smallest absolute Gasteiger partial charge is 0.321 e. The highest BCUT2D eigenvalue weighted by atomic mass is 19.1. The van der Waals surface area contributed by atoms with Crippen molar-refractivity contribution >= 4 is 17.4 Å². The number of para-hydroxylation sites is 1. The van der Waals surface area contributed by atoms with E-state index < -0.39 is 0 Å². The Morgan fingerprint density at radius 1 is 1.15 bits per heavy atom. The van der Waals surface area contributed by atoms with E-state index in [0.29, 0.717) is 6.54 Å². The lowest BCUT2D eigenvalue weighted by molar-refractivity contribution is 0.246. The van der Waals surface area contributed by atoms with Crippen LogP contribution in [0.4, 0.5) is 20.6 Å². The number of nitrogens with zero attached hydrogens (tertiary/aromatic N) is 2. The average Bonchev–Trinajstić information content (AvgIpc) is 2.91. The summed E-state index contributed by atoms with van der Waals surface area (Å²) in [6.45, 7) is 5.13. The Labute approximate surface area is 161 Å². The summed E-state index contributed by atoms with van der Waals surface area (Å²) in [5.74, 6) is -0.222. The van der Waals surface area contributed by atoms with Crippen LogP contribution in [-0.4, -0.2) is 32.2 Å². The van der Waals surface area contributed by atoms with Gasteiger partial charge in [0.25, 0.3) is 0 Å². The summed E-state index contributed by atoms with van der Waals surface area (Å²) in [5, 5.41) is 3.06. The summed E-state index contributed by atoms with van der Waals surface area (Å²) in [4.78, 5) is 16.8. The molecule has 1 N–H and O–H groups in total. The number of nitrogens with one attached hydrogen (secondary N) is 1. The number of anilines is 2. The van der Waals surface area contributed by atoms with Crippen molar-refractivity contribution in [1.82, 2.24) is 5.32 Å². The van der Waals surface area contributed by atoms with Crippen molar-refractivity contribution in [1.29, 1.82) is 0 Å². The Balaban J connectivity index is 1.51. The van der Waals surface area contributed by atoms with E-state index in [2.05, 4.69) is 23.2 Å². The van der Waals surface area contributed by atoms with Crippen LogP contribution in [0.5, 0.6) is 0 Å². The van der Waals surface area contributed by atoms with Gasteiger partial charge in [-0.3, -0.25) is 4.90 Å². The van der Waals surface area contributed by atoms with Gasteiger partial charge in [0.2, 0.25) is 0 Å². The van der Waals surface area contributed by atoms with E-state index in [9.17, 15) is 9.18 Å². The molecule has 5 heteroatoms. The quantitative estimate of drug-likeness (QED) is 0.756. The van der Waals surface area contributed by atoms with E-state index >= 15 is 0 Å². The lowest BCUT2D eigenvalue weighted by Gasteiger charge is -2.25. The number of fused-ring (bicyclic) bond motifs is 1. The molecule has 2 aromatic carbocycles. The molecule has 0 radical (unpaired) electrons. The molecule has 0 bridgehead atoms. The molecule has 3 rings (SSSR count). The number of rotatable bonds is 6. The maximum atomic E-state index is 13.1. The monoisotopic (exact) mass is 369 g/mol. The van der Waals surface area contributed by atoms with E-state index in [1.165, 1.54) is 17.7 Å². The number of hydrogen-bond donors (Lipinski definition) is 1. The molecule has 0 spiro atoms. The first-order valence-corrected chi connectivity index (χ1v) is 9.83. The van der Waals surface area contributed by atoms with Crippen LogP contribution in [-0.2, 0) is 6.42 Å². The Hall–Kier alpha value is -2.56. The van der Waals surface area contributed by atoms with Gasteiger partial charge in [0.15, 0.2) is 0 Å². The summed E-state index contributed by atoms with van der Waals surface area (Å²) in [6, 6.07) is 14.7. The van der Waals surface area contributed by atoms with Crippen molar-refractivity contribution in [3.05, 3.63) is 59.9 Å². The second-order valence-corrected chi connectivity index (χ2v) is 6.88. The Morgan fingerprint density at radius 2 is 1.93 bits per heavy atom. The maximum Gasteiger partial charge on any atom is 0.321 e. The van der Waals surface area contributed by atoms with Crippen LogP contribution in [0.2, 0.25) is 0 Å². The zero-order valence-corrected chi connectivity index (χ0v) is 16.0. The summed E-state index contributed by atoms with van der Waals surface area (Å²) in [5.41, 5.74) is 3.29. The highest BCUT2D eigenvalue weighted by molar-refractivity contribution is 5.92. The van der Waals surface area contributed by atoms with Gasteiger partial charge in [-0.25, -0.2) is 9.18 Å². The van der Waals surface area contributed by atoms with Gasteiger partial charge in [0, 0.05) is 37.6 Å². The highest BCUT2D eigenvalue weighted by Gasteiger charge is 2.20. The minimum atomic E-state index is -0.222. The van der Waals surface area contributed by atoms with Crippen LogP contribution >= 0.6 is 0 Å². The molecule has 0 unspecified atom stereocenters. The third kappa shape index (κ3) is 5.00. The fourth-order valence-corrected chi connectivity index (χ4v) is 3.58. The largest absolute Gasteiger partial charge is 0.372 e. The topological polar surface area (TPSA) is 35.6 Å². The van der Waals surface area contributed by atoms with Gasteiger partial charge in [-0.15, -0.1) is 0 Å². The van der Waals surface area contributed by atoms with Gasteiger partial charge in [-0.2, -0.15) is 0 Å². The predicted octanol–water partition coefficient (Wildman–Crippen LogP) is 4.59. The van der Waals surface area contributed by atoms with Gasteiger partial charge in [0.1, 0.15) is 5.82 Å². The molecular weight excluding hydrogens is 341 g/mol. The van der Waals surface area contributed by atoms with E-state index in [0.717, 1.165) is 56.7 Å². The maximum absolute atomic E-state index is 13.1. The summed E-state index contributed by atoms with van der Waals surface area (Å²) >= 11 is 0. The SMILES string of the molecule is CCN(CCCNC(=O)N1CCCCc2ccccc21)c1ccc(F)cc1. The molecule has 4 nitrogen and oxygen atoms in total. The molecule has 144 valence electrons. The van der Waals surface area contributed by atoms with Crippen LogP contribution in [0, 0.1) is 5.82 Å². The second kappa shape index (κ2) is 9.40. The van der Waals surface area contributed by atoms with Crippen molar-refractivity contribution in [2.45, 2.75) is 32.6 Å². The highest BCUT2D eigenvalue weighted by Crippen LogP contribution is 2.26. The Bertz CT molecular complexity index is 747. The van der Waals surface area contributed by atoms with Gasteiger partial charge in [-0.1, -0.05) is 18.2 Å². The number of aryl methyl sites for hydroxylation is 1. The van der Waals surface area contributed by atoms with Gasteiger partial charge in [0.05, 0.1) is 0 Å². The molecule has 27 heavy (non-hydrogen) atoms. The molecule has 0 saturated heterocycles. The molecule has 2 aromatic rings. The standard InChI is InChI=1S/C22H28FN3O/c1-2-25(20-13-11-19(23)12-14-20)16-7-15-24-22(27)26-17-6-5-9-18-8-3-4-10-21(18)26/h3-4,8,10-14H,2,5-7,9,15-17H2,1H3,(H,24,27). The van der Waals surface area contributed by atoms with Crippen LogP contribution < -0.4 is 15.1 Å². The fraction of sp³-hybridized carbons (Fsp3) is 0.409. The molecule has 0 aliphatic carbocycles. The molecular formula is C22H28FN3O. The molecule has 0 atom stereocenters. The number of urea groups is 1. The lowest BCUT2D eigenvalue weighted by atomic mass is 10.1. The average molecular weight is 369 g/mol. The van der Waals surface area contributed by atoms with Crippen molar-refractivity contribution in [3.63, 3.8) is 0 Å².